The van der Waals surface area contributed by atoms with Gasteiger partial charge in [0.15, 0.2) is 5.82 Å². The summed E-state index contributed by atoms with van der Waals surface area (Å²) in [6, 6.07) is 20.6. The van der Waals surface area contributed by atoms with E-state index in [0.717, 1.165) is 11.3 Å². The van der Waals surface area contributed by atoms with E-state index in [-0.39, 0.29) is 11.6 Å². The summed E-state index contributed by atoms with van der Waals surface area (Å²) in [4.78, 5) is 17.2. The largest absolute Gasteiger partial charge is 0.497 e. The fraction of sp³-hybridized carbons (Fsp3) is 0.0870. The van der Waals surface area contributed by atoms with Gasteiger partial charge >= 0.3 is 0 Å². The lowest BCUT2D eigenvalue weighted by Gasteiger charge is -2.06. The van der Waals surface area contributed by atoms with Crippen molar-refractivity contribution in [1.82, 2.24) is 14.8 Å². The van der Waals surface area contributed by atoms with Crippen molar-refractivity contribution in [2.24, 2.45) is 0 Å². The van der Waals surface area contributed by atoms with Crippen molar-refractivity contribution in [3.63, 3.8) is 0 Å². The average Bonchev–Trinajstić information content (AvgIpc) is 3.20. The lowest BCUT2D eigenvalue weighted by atomic mass is 10.2. The van der Waals surface area contributed by atoms with E-state index in [4.69, 9.17) is 4.74 Å². The van der Waals surface area contributed by atoms with Gasteiger partial charge in [0.25, 0.3) is 5.91 Å². The van der Waals surface area contributed by atoms with Gasteiger partial charge in [-0.25, -0.2) is 14.1 Å². The third kappa shape index (κ3) is 4.05. The van der Waals surface area contributed by atoms with E-state index in [1.54, 1.807) is 48.2 Å². The summed E-state index contributed by atoms with van der Waals surface area (Å²) in [5.74, 6) is 0.249. The zero-order chi connectivity index (χ0) is 21.1. The predicted octanol–water partition coefficient (Wildman–Crippen LogP) is 4.64. The maximum Gasteiger partial charge on any atom is 0.295 e. The summed E-state index contributed by atoms with van der Waals surface area (Å²) in [6.45, 7) is 1.99. The zero-order valence-electron chi connectivity index (χ0n) is 16.5. The van der Waals surface area contributed by atoms with Crippen molar-refractivity contribution in [3.05, 3.63) is 90.0 Å². The van der Waals surface area contributed by atoms with Crippen LogP contribution in [0, 0.1) is 12.7 Å². The number of aryl methyl sites for hydroxylation is 1. The first-order chi connectivity index (χ1) is 14.5. The minimum Gasteiger partial charge on any atom is -0.497 e. The van der Waals surface area contributed by atoms with Crippen LogP contribution in [-0.4, -0.2) is 27.8 Å². The molecule has 0 aliphatic carbocycles. The molecule has 0 aliphatic heterocycles. The van der Waals surface area contributed by atoms with E-state index in [2.05, 4.69) is 15.4 Å². The van der Waals surface area contributed by atoms with Crippen LogP contribution in [0.25, 0.3) is 17.1 Å². The number of anilines is 1. The Morgan fingerprint density at radius 2 is 1.77 bits per heavy atom. The highest BCUT2D eigenvalue weighted by molar-refractivity contribution is 6.02. The molecule has 0 saturated carbocycles. The summed E-state index contributed by atoms with van der Waals surface area (Å²) < 4.78 is 20.2. The van der Waals surface area contributed by atoms with E-state index in [9.17, 15) is 9.18 Å². The lowest BCUT2D eigenvalue weighted by molar-refractivity contribution is 0.101. The molecule has 4 rings (SSSR count). The van der Waals surface area contributed by atoms with Gasteiger partial charge in [0.1, 0.15) is 11.6 Å². The number of aromatic nitrogens is 3. The Morgan fingerprint density at radius 3 is 2.47 bits per heavy atom. The van der Waals surface area contributed by atoms with Crippen LogP contribution in [0.2, 0.25) is 0 Å². The maximum atomic E-state index is 13.4. The summed E-state index contributed by atoms with van der Waals surface area (Å²) >= 11 is 0. The van der Waals surface area contributed by atoms with Crippen LogP contribution in [0.3, 0.4) is 0 Å². The molecule has 150 valence electrons. The topological polar surface area (TPSA) is 69.0 Å². The highest BCUT2D eigenvalue weighted by Crippen LogP contribution is 2.23. The van der Waals surface area contributed by atoms with Gasteiger partial charge in [0, 0.05) is 17.3 Å². The van der Waals surface area contributed by atoms with Crippen molar-refractivity contribution in [1.29, 1.82) is 0 Å². The first kappa shape index (κ1) is 19.3. The molecule has 1 aromatic heterocycles. The van der Waals surface area contributed by atoms with Gasteiger partial charge in [-0.3, -0.25) is 4.79 Å². The Balaban J connectivity index is 1.73. The number of hydrogen-bond donors (Lipinski definition) is 1. The second-order valence-electron chi connectivity index (χ2n) is 6.70. The molecule has 0 radical (unpaired) electrons. The number of hydrogen-bond acceptors (Lipinski definition) is 4. The first-order valence-corrected chi connectivity index (χ1v) is 9.29. The monoisotopic (exact) mass is 402 g/mol. The van der Waals surface area contributed by atoms with Gasteiger partial charge in [0.05, 0.1) is 12.8 Å². The second-order valence-corrected chi connectivity index (χ2v) is 6.70. The minimum atomic E-state index is -0.461. The number of benzene rings is 3. The Hall–Kier alpha value is -4.00. The van der Waals surface area contributed by atoms with Gasteiger partial charge in [-0.15, -0.1) is 5.10 Å². The van der Waals surface area contributed by atoms with Crippen molar-refractivity contribution >= 4 is 11.6 Å². The molecule has 0 spiro atoms. The van der Waals surface area contributed by atoms with Gasteiger partial charge in [-0.05, 0) is 55.5 Å². The second kappa shape index (κ2) is 8.16. The number of methoxy groups -OCH3 is 1. The standard InChI is InChI=1S/C23H19FN4O2/c1-15-6-12-19(13-7-15)28-22(16-8-10-17(24)11-9-16)26-21(27-28)23(29)25-18-4-3-5-20(14-18)30-2/h3-14H,1-2H3,(H,25,29). The lowest BCUT2D eigenvalue weighted by Crippen LogP contribution is -2.14. The van der Waals surface area contributed by atoms with E-state index in [0.29, 0.717) is 22.8 Å². The highest BCUT2D eigenvalue weighted by atomic mass is 19.1. The molecule has 30 heavy (non-hydrogen) atoms. The molecule has 0 aliphatic rings. The fourth-order valence-corrected chi connectivity index (χ4v) is 2.95. The predicted molar refractivity (Wildman–Crippen MR) is 112 cm³/mol. The highest BCUT2D eigenvalue weighted by Gasteiger charge is 2.19. The number of rotatable bonds is 5. The molecule has 7 heteroatoms. The average molecular weight is 402 g/mol. The molecule has 0 saturated heterocycles. The third-order valence-corrected chi connectivity index (χ3v) is 4.52. The zero-order valence-corrected chi connectivity index (χ0v) is 16.5. The molecule has 0 unspecified atom stereocenters. The molecule has 6 nitrogen and oxygen atoms in total. The molecule has 1 amide bonds. The van der Waals surface area contributed by atoms with E-state index in [1.165, 1.54) is 12.1 Å². The van der Waals surface area contributed by atoms with Crippen LogP contribution < -0.4 is 10.1 Å². The SMILES string of the molecule is COc1cccc(NC(=O)c2nc(-c3ccc(F)cc3)n(-c3ccc(C)cc3)n2)c1. The summed E-state index contributed by atoms with van der Waals surface area (Å²) in [5, 5.41) is 7.19. The molecule has 0 bridgehead atoms. The Morgan fingerprint density at radius 1 is 1.03 bits per heavy atom. The Labute approximate surface area is 173 Å². The van der Waals surface area contributed by atoms with Crippen LogP contribution in [0.15, 0.2) is 72.8 Å². The molecule has 1 heterocycles. The number of carbonyl (C=O) groups is 1. The smallest absolute Gasteiger partial charge is 0.295 e. The Bertz CT molecular complexity index is 1120. The number of ether oxygens (including phenoxy) is 1. The van der Waals surface area contributed by atoms with Gasteiger partial charge < -0.3 is 10.1 Å². The van der Waals surface area contributed by atoms with Crippen molar-refractivity contribution < 1.29 is 13.9 Å². The van der Waals surface area contributed by atoms with Crippen molar-refractivity contribution in [2.75, 3.05) is 12.4 Å². The number of nitrogens with one attached hydrogen (secondary N) is 1. The van der Waals surface area contributed by atoms with Crippen LogP contribution >= 0.6 is 0 Å². The summed E-state index contributed by atoms with van der Waals surface area (Å²) in [5.41, 5.74) is 3.05. The first-order valence-electron chi connectivity index (χ1n) is 9.29. The van der Waals surface area contributed by atoms with E-state index < -0.39 is 5.91 Å². The quantitative estimate of drug-likeness (QED) is 0.528. The molecule has 0 fully saturated rings. The number of halogens is 1. The molecule has 4 aromatic rings. The van der Waals surface area contributed by atoms with Crippen LogP contribution in [0.1, 0.15) is 16.2 Å². The summed E-state index contributed by atoms with van der Waals surface area (Å²) in [6.07, 6.45) is 0. The molecule has 1 N–H and O–H groups in total. The van der Waals surface area contributed by atoms with Crippen molar-refractivity contribution in [2.45, 2.75) is 6.92 Å². The van der Waals surface area contributed by atoms with Crippen molar-refractivity contribution in [3.8, 4) is 22.8 Å². The van der Waals surface area contributed by atoms with E-state index >= 15 is 0 Å². The fourth-order valence-electron chi connectivity index (χ4n) is 2.95. The molecular formula is C23H19FN4O2. The Kier molecular flexibility index (Phi) is 5.26. The van der Waals surface area contributed by atoms with Gasteiger partial charge in [0.2, 0.25) is 5.82 Å². The number of carbonyl (C=O) groups excluding carboxylic acids is 1. The minimum absolute atomic E-state index is 0.00211. The molecule has 0 atom stereocenters. The van der Waals surface area contributed by atoms with E-state index in [1.807, 2.05) is 31.2 Å². The van der Waals surface area contributed by atoms with Gasteiger partial charge in [-0.2, -0.15) is 0 Å². The van der Waals surface area contributed by atoms with Crippen LogP contribution in [0.4, 0.5) is 10.1 Å². The third-order valence-electron chi connectivity index (χ3n) is 4.52. The normalized spacial score (nSPS) is 10.6. The number of nitrogens with zero attached hydrogens (tertiary/aromatic N) is 3. The molecule has 3 aromatic carbocycles. The summed E-state index contributed by atoms with van der Waals surface area (Å²) in [7, 11) is 1.56. The van der Waals surface area contributed by atoms with Gasteiger partial charge in [-0.1, -0.05) is 23.8 Å². The van der Waals surface area contributed by atoms with Crippen LogP contribution in [-0.2, 0) is 0 Å². The maximum absolute atomic E-state index is 13.4. The van der Waals surface area contributed by atoms with Crippen LogP contribution in [0.5, 0.6) is 5.75 Å². The number of amides is 1. The molecular weight excluding hydrogens is 383 g/mol.